The number of benzene rings is 2. The van der Waals surface area contributed by atoms with Gasteiger partial charge in [-0.25, -0.2) is 9.78 Å². The van der Waals surface area contributed by atoms with E-state index in [1.807, 2.05) is 18.2 Å². The molecule has 1 aliphatic carbocycles. The fraction of sp³-hybridized carbons (Fsp3) is 0.366. The van der Waals surface area contributed by atoms with Gasteiger partial charge in [-0.2, -0.15) is 5.26 Å². The van der Waals surface area contributed by atoms with Gasteiger partial charge in [0, 0.05) is 53.8 Å². The van der Waals surface area contributed by atoms with Crippen molar-refractivity contribution in [3.8, 4) is 23.3 Å². The highest BCUT2D eigenvalue weighted by atomic mass is 35.5. The number of amides is 1. The first kappa shape index (κ1) is 39.8. The first-order valence-corrected chi connectivity index (χ1v) is 18.9. The van der Waals surface area contributed by atoms with Crippen LogP contribution in [0.5, 0.6) is 11.5 Å². The summed E-state index contributed by atoms with van der Waals surface area (Å²) in [5.74, 6) is 1.78. The molecular weight excluding hydrogens is 734 g/mol. The third-order valence-corrected chi connectivity index (χ3v) is 10.5. The van der Waals surface area contributed by atoms with Crippen LogP contribution in [0.2, 0.25) is 5.02 Å². The average Bonchev–Trinajstić information content (AvgIpc) is 3.17. The number of carbonyl (C=O) groups excluding carboxylic acids is 1. The number of nitriles is 1. The van der Waals surface area contributed by atoms with Gasteiger partial charge < -0.3 is 31.2 Å². The summed E-state index contributed by atoms with van der Waals surface area (Å²) in [7, 11) is 0. The van der Waals surface area contributed by atoms with E-state index < -0.39 is 11.2 Å². The SMILES string of the molecule is CC1(C)C(NC(=O)c2ccc(NCCNCCCCCOc3ccc4ncc(-n5cc(N)c(=O)[nH]c5=O)cc4c3)nc2)C(C)(C)C1Oc1ccc(C#N)c(Cl)c1. The van der Waals surface area contributed by atoms with Gasteiger partial charge in [-0.05, 0) is 74.3 Å². The van der Waals surface area contributed by atoms with Crippen molar-refractivity contribution in [1.82, 2.24) is 30.2 Å². The van der Waals surface area contributed by atoms with Gasteiger partial charge in [0.25, 0.3) is 11.5 Å². The first-order chi connectivity index (χ1) is 26.8. The van der Waals surface area contributed by atoms with Crippen LogP contribution >= 0.6 is 11.6 Å². The molecule has 1 aliphatic rings. The predicted octanol–water partition coefficient (Wildman–Crippen LogP) is 5.44. The first-order valence-electron chi connectivity index (χ1n) is 18.5. The lowest BCUT2D eigenvalue weighted by Crippen LogP contribution is -2.74. The highest BCUT2D eigenvalue weighted by Crippen LogP contribution is 2.55. The molecule has 56 heavy (non-hydrogen) atoms. The smallest absolute Gasteiger partial charge is 0.333 e. The Balaban J connectivity index is 0.864. The molecular formula is C41H46ClN9O5. The van der Waals surface area contributed by atoms with E-state index >= 15 is 0 Å². The highest BCUT2D eigenvalue weighted by Gasteiger charge is 2.64. The molecule has 5 aromatic rings. The number of unbranched alkanes of at least 4 members (excludes halogenated alkanes) is 2. The highest BCUT2D eigenvalue weighted by molar-refractivity contribution is 6.31. The number of hydrogen-bond acceptors (Lipinski definition) is 11. The molecule has 1 fully saturated rings. The van der Waals surface area contributed by atoms with E-state index in [9.17, 15) is 19.6 Å². The number of nitrogens with one attached hydrogen (secondary N) is 4. The summed E-state index contributed by atoms with van der Waals surface area (Å²) in [5, 5.41) is 20.2. The second-order valence-electron chi connectivity index (χ2n) is 15.1. The zero-order valence-corrected chi connectivity index (χ0v) is 32.6. The minimum atomic E-state index is -0.626. The summed E-state index contributed by atoms with van der Waals surface area (Å²) >= 11 is 6.22. The Morgan fingerprint density at radius 3 is 2.48 bits per heavy atom. The third kappa shape index (κ3) is 8.80. The lowest BCUT2D eigenvalue weighted by atomic mass is 9.49. The van der Waals surface area contributed by atoms with Gasteiger partial charge in [-0.3, -0.25) is 24.1 Å². The van der Waals surface area contributed by atoms with E-state index in [4.69, 9.17) is 26.8 Å². The fourth-order valence-electron chi connectivity index (χ4n) is 7.56. The number of halogens is 1. The number of carbonyl (C=O) groups is 1. The average molecular weight is 780 g/mol. The van der Waals surface area contributed by atoms with E-state index in [0.717, 1.165) is 43.3 Å². The predicted molar refractivity (Wildman–Crippen MR) is 217 cm³/mol. The maximum atomic E-state index is 13.2. The van der Waals surface area contributed by atoms with Gasteiger partial charge in [0.05, 0.1) is 40.2 Å². The summed E-state index contributed by atoms with van der Waals surface area (Å²) in [6, 6.07) is 17.9. The maximum absolute atomic E-state index is 13.2. The number of hydrogen-bond donors (Lipinski definition) is 5. The van der Waals surface area contributed by atoms with Crippen molar-refractivity contribution in [3.05, 3.63) is 110 Å². The molecule has 0 atom stereocenters. The van der Waals surface area contributed by atoms with Crippen molar-refractivity contribution in [2.75, 3.05) is 37.3 Å². The van der Waals surface area contributed by atoms with Crippen molar-refractivity contribution in [2.45, 2.75) is 59.1 Å². The minimum Gasteiger partial charge on any atom is -0.494 e. The van der Waals surface area contributed by atoms with Crippen molar-refractivity contribution in [3.63, 3.8) is 0 Å². The monoisotopic (exact) mass is 779 g/mol. The number of aromatic nitrogens is 4. The summed E-state index contributed by atoms with van der Waals surface area (Å²) in [6.45, 7) is 11.1. The van der Waals surface area contributed by atoms with Crippen LogP contribution in [0.25, 0.3) is 16.6 Å². The topological polar surface area (TPSA) is 202 Å². The number of ether oxygens (including phenoxy) is 2. The van der Waals surface area contributed by atoms with Crippen LogP contribution in [-0.4, -0.2) is 63.8 Å². The number of H-pyrrole nitrogens is 1. The number of pyridine rings is 2. The number of aromatic amines is 1. The molecule has 0 radical (unpaired) electrons. The molecule has 1 saturated carbocycles. The maximum Gasteiger partial charge on any atom is 0.333 e. The van der Waals surface area contributed by atoms with Crippen LogP contribution in [-0.2, 0) is 0 Å². The lowest BCUT2D eigenvalue weighted by Gasteiger charge is -2.63. The van der Waals surface area contributed by atoms with Crippen molar-refractivity contribution < 1.29 is 14.3 Å². The number of fused-ring (bicyclic) bond motifs is 1. The second-order valence-corrected chi connectivity index (χ2v) is 15.5. The van der Waals surface area contributed by atoms with Gasteiger partial charge in [-0.15, -0.1) is 0 Å². The van der Waals surface area contributed by atoms with Gasteiger partial charge in [0.15, 0.2) is 0 Å². The quantitative estimate of drug-likeness (QED) is 0.0799. The lowest BCUT2D eigenvalue weighted by molar-refractivity contribution is -0.164. The Labute approximate surface area is 329 Å². The fourth-order valence-corrected chi connectivity index (χ4v) is 7.78. The molecule has 0 bridgehead atoms. The molecule has 0 unspecified atom stereocenters. The number of rotatable bonds is 16. The molecule has 292 valence electrons. The van der Waals surface area contributed by atoms with E-state index in [2.05, 4.69) is 64.7 Å². The van der Waals surface area contributed by atoms with Crippen molar-refractivity contribution in [2.24, 2.45) is 10.8 Å². The molecule has 0 aliphatic heterocycles. The number of nitrogen functional groups attached to an aromatic ring is 1. The van der Waals surface area contributed by atoms with Gasteiger partial charge in [0.2, 0.25) is 0 Å². The number of nitrogens with two attached hydrogens (primary N) is 1. The molecule has 14 nitrogen and oxygen atoms in total. The molecule has 15 heteroatoms. The molecule has 0 saturated heterocycles. The molecule has 3 heterocycles. The third-order valence-electron chi connectivity index (χ3n) is 10.2. The Morgan fingerprint density at radius 2 is 1.75 bits per heavy atom. The van der Waals surface area contributed by atoms with E-state index in [1.165, 1.54) is 10.8 Å². The summed E-state index contributed by atoms with van der Waals surface area (Å²) in [6.07, 6.45) is 7.11. The summed E-state index contributed by atoms with van der Waals surface area (Å²) in [4.78, 5) is 48.2. The molecule has 3 aromatic heterocycles. The molecule has 2 aromatic carbocycles. The van der Waals surface area contributed by atoms with Crippen molar-refractivity contribution >= 4 is 39.9 Å². The standard InChI is InChI=1S/C41H46ClN9O5/c1-40(2)37(41(3,4)38(40)56-30-10-8-25(21-43)31(42)20-30)49-35(52)26-9-13-34(48-22-26)46-16-15-45-14-6-5-7-17-55-29-11-12-33-27(19-29)18-28(23-47-33)51-24-32(44)36(53)50-39(51)54/h8-13,18-20,22-24,37-38,45H,5-7,14-17,44H2,1-4H3,(H,46,48)(H,49,52)(H,50,53,54). The minimum absolute atomic E-state index is 0.0633. The van der Waals surface area contributed by atoms with Crippen LogP contribution in [0.15, 0.2) is 82.8 Å². The van der Waals surface area contributed by atoms with Gasteiger partial charge in [-0.1, -0.05) is 39.3 Å². The van der Waals surface area contributed by atoms with E-state index in [0.29, 0.717) is 52.3 Å². The van der Waals surface area contributed by atoms with E-state index in [-0.39, 0.29) is 34.6 Å². The van der Waals surface area contributed by atoms with Crippen LogP contribution in [0.4, 0.5) is 11.5 Å². The Morgan fingerprint density at radius 1 is 0.964 bits per heavy atom. The molecule has 1 amide bonds. The van der Waals surface area contributed by atoms with Crippen LogP contribution in [0.1, 0.15) is 62.9 Å². The Hall–Kier alpha value is -5.91. The normalized spacial score (nSPS) is 16.7. The molecule has 6 N–H and O–H groups in total. The Bertz CT molecular complexity index is 2350. The van der Waals surface area contributed by atoms with Crippen LogP contribution in [0, 0.1) is 22.2 Å². The van der Waals surface area contributed by atoms with Gasteiger partial charge >= 0.3 is 5.69 Å². The molecule has 0 spiro atoms. The zero-order valence-electron chi connectivity index (χ0n) is 31.8. The number of anilines is 2. The zero-order chi connectivity index (χ0) is 40.0. The largest absolute Gasteiger partial charge is 0.494 e. The van der Waals surface area contributed by atoms with Crippen LogP contribution < -0.4 is 42.4 Å². The van der Waals surface area contributed by atoms with E-state index in [1.54, 1.807) is 48.8 Å². The Kier molecular flexibility index (Phi) is 12.0. The van der Waals surface area contributed by atoms with Crippen molar-refractivity contribution in [1.29, 1.82) is 5.26 Å². The van der Waals surface area contributed by atoms with Gasteiger partial charge in [0.1, 0.15) is 35.2 Å². The summed E-state index contributed by atoms with van der Waals surface area (Å²) < 4.78 is 13.6. The van der Waals surface area contributed by atoms with Crippen LogP contribution in [0.3, 0.4) is 0 Å². The second kappa shape index (κ2) is 16.8. The summed E-state index contributed by atoms with van der Waals surface area (Å²) in [5.41, 5.74) is 5.77. The number of nitrogens with zero attached hydrogens (tertiary/aromatic N) is 4. The molecule has 6 rings (SSSR count).